The van der Waals surface area contributed by atoms with Gasteiger partial charge in [-0.1, -0.05) is 54.1 Å². The van der Waals surface area contributed by atoms with Gasteiger partial charge in [0.25, 0.3) is 0 Å². The fraction of sp³-hybridized carbons (Fsp3) is 0.235. The Kier molecular flexibility index (Phi) is 2.25. The molecule has 2 aromatic rings. The Labute approximate surface area is 113 Å². The largest absolute Gasteiger partial charge is 0.284 e. The summed E-state index contributed by atoms with van der Waals surface area (Å²) in [6, 6.07) is 17.9. The number of fused-ring (bicyclic) bond motifs is 3. The minimum Gasteiger partial charge on any atom is -0.284 e. The predicted octanol–water partition coefficient (Wildman–Crippen LogP) is 3.63. The lowest BCUT2D eigenvalue weighted by atomic mass is 9.88. The normalized spacial score (nSPS) is 23.5. The van der Waals surface area contributed by atoms with Crippen LogP contribution in [0.4, 0.5) is 0 Å². The first-order valence-electron chi connectivity index (χ1n) is 6.78. The van der Waals surface area contributed by atoms with Gasteiger partial charge in [-0.2, -0.15) is 5.10 Å². The molecular weight excluding hydrogens is 232 g/mol. The zero-order valence-corrected chi connectivity index (χ0v) is 11.0. The van der Waals surface area contributed by atoms with Gasteiger partial charge in [0.2, 0.25) is 0 Å². The van der Waals surface area contributed by atoms with Gasteiger partial charge in [-0.25, -0.2) is 0 Å². The van der Waals surface area contributed by atoms with Crippen molar-refractivity contribution in [1.29, 1.82) is 0 Å². The van der Waals surface area contributed by atoms with E-state index in [1.807, 2.05) is 0 Å². The Bertz CT molecular complexity index is 643. The molecule has 2 aromatic carbocycles. The average molecular weight is 248 g/mol. The van der Waals surface area contributed by atoms with Crippen molar-refractivity contribution < 1.29 is 0 Å². The molecule has 0 bridgehead atoms. The third-order valence-electron chi connectivity index (χ3n) is 4.21. The van der Waals surface area contributed by atoms with Gasteiger partial charge in [-0.15, -0.1) is 0 Å². The summed E-state index contributed by atoms with van der Waals surface area (Å²) < 4.78 is 0. The number of nitrogens with zero attached hydrogens (tertiary/aromatic N) is 2. The first-order chi connectivity index (χ1) is 9.33. The van der Waals surface area contributed by atoms with Crippen LogP contribution in [0.15, 0.2) is 53.6 Å². The van der Waals surface area contributed by atoms with Gasteiger partial charge >= 0.3 is 0 Å². The lowest BCUT2D eigenvalue weighted by Gasteiger charge is -2.21. The third kappa shape index (κ3) is 1.60. The lowest BCUT2D eigenvalue weighted by Crippen LogP contribution is -2.15. The van der Waals surface area contributed by atoms with Crippen LogP contribution in [-0.4, -0.2) is 11.2 Å². The van der Waals surface area contributed by atoms with Crippen LogP contribution in [0.1, 0.15) is 34.2 Å². The quantitative estimate of drug-likeness (QED) is 0.752. The van der Waals surface area contributed by atoms with Gasteiger partial charge in [-0.3, -0.25) is 5.01 Å². The molecule has 2 heterocycles. The zero-order chi connectivity index (χ0) is 12.8. The van der Waals surface area contributed by atoms with Crippen molar-refractivity contribution in [3.8, 4) is 0 Å². The van der Waals surface area contributed by atoms with E-state index in [1.165, 1.54) is 22.3 Å². The summed E-state index contributed by atoms with van der Waals surface area (Å²) in [4.78, 5) is 0. The number of hydrogen-bond donors (Lipinski definition) is 0. The van der Waals surface area contributed by atoms with Crippen molar-refractivity contribution in [2.45, 2.75) is 25.4 Å². The number of benzene rings is 2. The van der Waals surface area contributed by atoms with E-state index in [2.05, 4.69) is 71.8 Å². The molecule has 0 aliphatic carbocycles. The van der Waals surface area contributed by atoms with E-state index in [1.54, 1.807) is 0 Å². The minimum absolute atomic E-state index is 0.379. The van der Waals surface area contributed by atoms with Crippen molar-refractivity contribution >= 4 is 6.21 Å². The molecule has 94 valence electrons. The zero-order valence-electron chi connectivity index (χ0n) is 11.0. The van der Waals surface area contributed by atoms with Crippen LogP contribution in [0.2, 0.25) is 0 Å². The lowest BCUT2D eigenvalue weighted by molar-refractivity contribution is 0.243. The highest BCUT2D eigenvalue weighted by Crippen LogP contribution is 2.45. The van der Waals surface area contributed by atoms with Crippen LogP contribution in [0.5, 0.6) is 0 Å². The molecule has 0 amide bonds. The van der Waals surface area contributed by atoms with E-state index in [-0.39, 0.29) is 0 Å². The Hall–Kier alpha value is -2.09. The summed E-state index contributed by atoms with van der Waals surface area (Å²) in [7, 11) is 0. The smallest absolute Gasteiger partial charge is 0.0846 e. The maximum Gasteiger partial charge on any atom is 0.0846 e. The fourth-order valence-corrected chi connectivity index (χ4v) is 3.19. The fourth-order valence-electron chi connectivity index (χ4n) is 3.19. The van der Waals surface area contributed by atoms with Crippen LogP contribution in [0.3, 0.4) is 0 Å². The summed E-state index contributed by atoms with van der Waals surface area (Å²) in [5.41, 5.74) is 5.52. The number of hydrogen-bond acceptors (Lipinski definition) is 2. The van der Waals surface area contributed by atoms with Crippen molar-refractivity contribution in [2.24, 2.45) is 5.10 Å². The molecule has 2 heteroatoms. The van der Waals surface area contributed by atoms with Crippen molar-refractivity contribution in [3.05, 3.63) is 70.8 Å². The molecule has 0 N–H and O–H groups in total. The Morgan fingerprint density at radius 3 is 2.68 bits per heavy atom. The second-order valence-corrected chi connectivity index (χ2v) is 5.44. The van der Waals surface area contributed by atoms with Gasteiger partial charge in [0.05, 0.1) is 12.6 Å². The molecule has 2 atom stereocenters. The molecule has 19 heavy (non-hydrogen) atoms. The molecule has 0 radical (unpaired) electrons. The first-order valence-corrected chi connectivity index (χ1v) is 6.78. The molecule has 4 rings (SSSR count). The molecule has 0 unspecified atom stereocenters. The molecule has 2 nitrogen and oxygen atoms in total. The number of hydrazone groups is 1. The average Bonchev–Trinajstić information content (AvgIpc) is 2.98. The molecular formula is C17H16N2. The SMILES string of the molecule is Cc1ccc([C@@H]2C=NN3Cc4ccccc4[C@@H]23)cc1. The summed E-state index contributed by atoms with van der Waals surface area (Å²) in [6.07, 6.45) is 2.10. The molecule has 0 aromatic heterocycles. The molecule has 0 fully saturated rings. The summed E-state index contributed by atoms with van der Waals surface area (Å²) >= 11 is 0. The van der Waals surface area contributed by atoms with Crippen LogP contribution < -0.4 is 0 Å². The Balaban J connectivity index is 1.76. The van der Waals surface area contributed by atoms with Gasteiger partial charge in [0.1, 0.15) is 0 Å². The van der Waals surface area contributed by atoms with Crippen LogP contribution >= 0.6 is 0 Å². The summed E-state index contributed by atoms with van der Waals surface area (Å²) in [5, 5.41) is 6.82. The second kappa shape index (κ2) is 3.95. The van der Waals surface area contributed by atoms with E-state index in [9.17, 15) is 0 Å². The summed E-state index contributed by atoms with van der Waals surface area (Å²) in [6.45, 7) is 3.07. The molecule has 2 aliphatic rings. The van der Waals surface area contributed by atoms with E-state index in [4.69, 9.17) is 0 Å². The molecule has 0 saturated carbocycles. The van der Waals surface area contributed by atoms with Gasteiger partial charge in [0, 0.05) is 12.1 Å². The van der Waals surface area contributed by atoms with Crippen LogP contribution in [0.25, 0.3) is 0 Å². The van der Waals surface area contributed by atoms with Crippen LogP contribution in [-0.2, 0) is 6.54 Å². The van der Waals surface area contributed by atoms with E-state index < -0.39 is 0 Å². The number of aryl methyl sites for hydroxylation is 1. The standard InChI is InChI=1S/C17H16N2/c1-12-6-8-13(9-7-12)16-10-18-19-11-14-4-2-3-5-15(14)17(16)19/h2-10,16-17H,11H2,1H3/t16-,17-/m0/s1. The van der Waals surface area contributed by atoms with Crippen molar-refractivity contribution in [1.82, 2.24) is 5.01 Å². The molecule has 0 saturated heterocycles. The maximum atomic E-state index is 4.60. The Morgan fingerprint density at radius 1 is 1.05 bits per heavy atom. The highest BCUT2D eigenvalue weighted by Gasteiger charge is 2.38. The highest BCUT2D eigenvalue weighted by molar-refractivity contribution is 5.72. The van der Waals surface area contributed by atoms with E-state index in [0.29, 0.717) is 12.0 Å². The van der Waals surface area contributed by atoms with Crippen molar-refractivity contribution in [2.75, 3.05) is 0 Å². The van der Waals surface area contributed by atoms with Gasteiger partial charge < -0.3 is 0 Å². The first kappa shape index (κ1) is 10.8. The van der Waals surface area contributed by atoms with Crippen LogP contribution in [0, 0.1) is 6.92 Å². The highest BCUT2D eigenvalue weighted by atomic mass is 15.5. The van der Waals surface area contributed by atoms with Gasteiger partial charge in [0.15, 0.2) is 0 Å². The Morgan fingerprint density at radius 2 is 1.84 bits per heavy atom. The predicted molar refractivity (Wildman–Crippen MR) is 77.1 cm³/mol. The maximum absolute atomic E-state index is 4.60. The summed E-state index contributed by atoms with van der Waals surface area (Å²) in [5.74, 6) is 0.379. The molecule has 0 spiro atoms. The second-order valence-electron chi connectivity index (χ2n) is 5.44. The third-order valence-corrected chi connectivity index (χ3v) is 4.21. The monoisotopic (exact) mass is 248 g/mol. The van der Waals surface area contributed by atoms with E-state index >= 15 is 0 Å². The number of rotatable bonds is 1. The minimum atomic E-state index is 0.379. The van der Waals surface area contributed by atoms with Gasteiger partial charge in [-0.05, 0) is 23.6 Å². The topological polar surface area (TPSA) is 15.6 Å². The molecule has 2 aliphatic heterocycles. The van der Waals surface area contributed by atoms with Crippen molar-refractivity contribution in [3.63, 3.8) is 0 Å². The van der Waals surface area contributed by atoms with E-state index in [0.717, 1.165) is 6.54 Å².